The molecule has 5 heteroatoms. The van der Waals surface area contributed by atoms with Crippen molar-refractivity contribution < 1.29 is 18.3 Å². The predicted molar refractivity (Wildman–Crippen MR) is 82.9 cm³/mol. The molecule has 3 nitrogen and oxygen atoms in total. The van der Waals surface area contributed by atoms with E-state index in [2.05, 4.69) is 4.99 Å². The van der Waals surface area contributed by atoms with Gasteiger partial charge in [-0.1, -0.05) is 23.8 Å². The fourth-order valence-corrected chi connectivity index (χ4v) is 2.32. The highest BCUT2D eigenvalue weighted by molar-refractivity contribution is 6.13. The molecule has 0 fully saturated rings. The summed E-state index contributed by atoms with van der Waals surface area (Å²) in [6.45, 7) is 3.89. The number of aryl methyl sites for hydroxylation is 2. The van der Waals surface area contributed by atoms with Crippen LogP contribution in [0.1, 0.15) is 22.3 Å². The molecule has 0 saturated heterocycles. The first-order chi connectivity index (χ1) is 10.9. The summed E-state index contributed by atoms with van der Waals surface area (Å²) in [6, 6.07) is 8.77. The molecule has 1 heterocycles. The van der Waals surface area contributed by atoms with Crippen LogP contribution in [0.5, 0.6) is 0 Å². The summed E-state index contributed by atoms with van der Waals surface area (Å²) >= 11 is 0. The summed E-state index contributed by atoms with van der Waals surface area (Å²) in [5.74, 6) is -2.36. The number of nitrogens with zero attached hydrogens (tertiary/aromatic N) is 1. The van der Waals surface area contributed by atoms with Crippen molar-refractivity contribution >= 4 is 17.9 Å². The summed E-state index contributed by atoms with van der Waals surface area (Å²) in [7, 11) is 0. The maximum atomic E-state index is 13.8. The third-order valence-electron chi connectivity index (χ3n) is 3.50. The maximum absolute atomic E-state index is 13.8. The minimum atomic E-state index is -0.829. The van der Waals surface area contributed by atoms with Gasteiger partial charge in [-0.2, -0.15) is 0 Å². The van der Waals surface area contributed by atoms with Crippen LogP contribution in [0.2, 0.25) is 0 Å². The number of carbonyl (C=O) groups excluding carboxylic acids is 1. The van der Waals surface area contributed by atoms with Gasteiger partial charge in [0.2, 0.25) is 5.90 Å². The lowest BCUT2D eigenvalue weighted by Gasteiger charge is -2.01. The zero-order chi connectivity index (χ0) is 16.6. The van der Waals surface area contributed by atoms with Crippen LogP contribution in [-0.4, -0.2) is 11.9 Å². The lowest BCUT2D eigenvalue weighted by atomic mass is 10.0. The molecule has 2 aromatic rings. The Labute approximate surface area is 131 Å². The smallest absolute Gasteiger partial charge is 0.363 e. The normalized spacial score (nSPS) is 15.7. The molecule has 1 aliphatic heterocycles. The quantitative estimate of drug-likeness (QED) is 0.622. The van der Waals surface area contributed by atoms with Gasteiger partial charge in [-0.3, -0.25) is 0 Å². The molecule has 0 N–H and O–H groups in total. The van der Waals surface area contributed by atoms with Gasteiger partial charge < -0.3 is 4.74 Å². The maximum Gasteiger partial charge on any atom is 0.363 e. The largest absolute Gasteiger partial charge is 0.402 e. The van der Waals surface area contributed by atoms with E-state index in [4.69, 9.17) is 4.74 Å². The van der Waals surface area contributed by atoms with Gasteiger partial charge >= 0.3 is 5.97 Å². The minimum Gasteiger partial charge on any atom is -0.402 e. The van der Waals surface area contributed by atoms with Crippen molar-refractivity contribution in [2.45, 2.75) is 13.8 Å². The van der Waals surface area contributed by atoms with E-state index in [-0.39, 0.29) is 17.2 Å². The highest BCUT2D eigenvalue weighted by atomic mass is 19.1. The standard InChI is InChI=1S/C18H13F2NO2/c1-10-3-4-12(11(2)7-10)8-16-18(22)23-17(21-16)14-6-5-13(19)9-15(14)20/h3-9H,1-2H3. The minimum absolute atomic E-state index is 0.0521. The number of rotatable bonds is 2. The molecule has 0 aliphatic carbocycles. The molecule has 0 spiro atoms. The van der Waals surface area contributed by atoms with Crippen LogP contribution in [0.3, 0.4) is 0 Å². The van der Waals surface area contributed by atoms with Crippen molar-refractivity contribution in [1.29, 1.82) is 0 Å². The number of aliphatic imine (C=N–C) groups is 1. The SMILES string of the molecule is Cc1ccc(C=C2N=C(c3ccc(F)cc3F)OC2=O)c(C)c1. The Morgan fingerprint density at radius 3 is 2.57 bits per heavy atom. The molecule has 2 aromatic carbocycles. The van der Waals surface area contributed by atoms with E-state index in [1.165, 1.54) is 6.07 Å². The van der Waals surface area contributed by atoms with Gasteiger partial charge in [-0.15, -0.1) is 0 Å². The van der Waals surface area contributed by atoms with E-state index in [1.54, 1.807) is 6.08 Å². The Balaban J connectivity index is 1.99. The molecular formula is C18H13F2NO2. The first-order valence-corrected chi connectivity index (χ1v) is 6.99. The van der Waals surface area contributed by atoms with Crippen molar-refractivity contribution in [2.75, 3.05) is 0 Å². The molecule has 0 bridgehead atoms. The second-order valence-electron chi connectivity index (χ2n) is 5.32. The molecule has 3 rings (SSSR count). The molecule has 0 atom stereocenters. The zero-order valence-electron chi connectivity index (χ0n) is 12.6. The number of hydrogen-bond acceptors (Lipinski definition) is 3. The Morgan fingerprint density at radius 2 is 1.87 bits per heavy atom. The third-order valence-corrected chi connectivity index (χ3v) is 3.50. The second-order valence-corrected chi connectivity index (χ2v) is 5.32. The van der Waals surface area contributed by atoms with Crippen LogP contribution < -0.4 is 0 Å². The monoisotopic (exact) mass is 313 g/mol. The lowest BCUT2D eigenvalue weighted by molar-refractivity contribution is -0.129. The number of halogens is 2. The van der Waals surface area contributed by atoms with Crippen molar-refractivity contribution in [3.8, 4) is 0 Å². The second kappa shape index (κ2) is 5.76. The van der Waals surface area contributed by atoms with Crippen LogP contribution in [0.15, 0.2) is 47.1 Å². The average molecular weight is 313 g/mol. The van der Waals surface area contributed by atoms with Crippen LogP contribution in [0.25, 0.3) is 6.08 Å². The van der Waals surface area contributed by atoms with Crippen LogP contribution in [0.4, 0.5) is 8.78 Å². The number of ether oxygens (including phenoxy) is 1. The van der Waals surface area contributed by atoms with E-state index in [0.29, 0.717) is 0 Å². The predicted octanol–water partition coefficient (Wildman–Crippen LogP) is 3.93. The summed E-state index contributed by atoms with van der Waals surface area (Å²) in [5, 5.41) is 0. The molecule has 0 aromatic heterocycles. The molecular weight excluding hydrogens is 300 g/mol. The number of benzene rings is 2. The Hall–Kier alpha value is -2.82. The molecule has 0 amide bonds. The lowest BCUT2D eigenvalue weighted by Crippen LogP contribution is -2.07. The fraction of sp³-hybridized carbons (Fsp3) is 0.111. The van der Waals surface area contributed by atoms with E-state index >= 15 is 0 Å². The average Bonchev–Trinajstić information content (AvgIpc) is 2.83. The van der Waals surface area contributed by atoms with Crippen molar-refractivity contribution in [3.63, 3.8) is 0 Å². The van der Waals surface area contributed by atoms with Crippen LogP contribution in [-0.2, 0) is 9.53 Å². The molecule has 0 saturated carbocycles. The molecule has 1 aliphatic rings. The topological polar surface area (TPSA) is 38.7 Å². The highest BCUT2D eigenvalue weighted by Gasteiger charge is 2.26. The first kappa shape index (κ1) is 15.1. The Bertz CT molecular complexity index is 869. The van der Waals surface area contributed by atoms with Gasteiger partial charge in [0.25, 0.3) is 0 Å². The van der Waals surface area contributed by atoms with Crippen molar-refractivity contribution in [3.05, 3.63) is 76.0 Å². The van der Waals surface area contributed by atoms with Crippen LogP contribution >= 0.6 is 0 Å². The third kappa shape index (κ3) is 3.04. The summed E-state index contributed by atoms with van der Waals surface area (Å²) < 4.78 is 31.7. The molecule has 23 heavy (non-hydrogen) atoms. The van der Waals surface area contributed by atoms with Gasteiger partial charge in [-0.05, 0) is 43.2 Å². The zero-order valence-corrected chi connectivity index (χ0v) is 12.6. The van der Waals surface area contributed by atoms with Gasteiger partial charge in [0.05, 0.1) is 5.56 Å². The number of esters is 1. The van der Waals surface area contributed by atoms with E-state index in [9.17, 15) is 13.6 Å². The van der Waals surface area contributed by atoms with Crippen molar-refractivity contribution in [2.24, 2.45) is 4.99 Å². The molecule has 116 valence electrons. The van der Waals surface area contributed by atoms with Crippen molar-refractivity contribution in [1.82, 2.24) is 0 Å². The van der Waals surface area contributed by atoms with E-state index in [0.717, 1.165) is 28.8 Å². The van der Waals surface area contributed by atoms with E-state index < -0.39 is 17.6 Å². The van der Waals surface area contributed by atoms with Crippen LogP contribution in [0, 0.1) is 25.5 Å². The number of carbonyl (C=O) groups is 1. The Morgan fingerprint density at radius 1 is 1.09 bits per heavy atom. The Kier molecular flexibility index (Phi) is 3.78. The van der Waals surface area contributed by atoms with Gasteiger partial charge in [0, 0.05) is 6.07 Å². The fourth-order valence-electron chi connectivity index (χ4n) is 2.32. The summed E-state index contributed by atoms with van der Waals surface area (Å²) in [5.41, 5.74) is 2.95. The van der Waals surface area contributed by atoms with Gasteiger partial charge in [-0.25, -0.2) is 18.6 Å². The molecule has 0 unspecified atom stereocenters. The number of cyclic esters (lactones) is 1. The van der Waals surface area contributed by atoms with E-state index in [1.807, 2.05) is 32.0 Å². The number of hydrogen-bond donors (Lipinski definition) is 0. The highest BCUT2D eigenvalue weighted by Crippen LogP contribution is 2.22. The van der Waals surface area contributed by atoms with Gasteiger partial charge in [0.15, 0.2) is 5.70 Å². The van der Waals surface area contributed by atoms with Gasteiger partial charge in [0.1, 0.15) is 11.6 Å². The summed E-state index contributed by atoms with van der Waals surface area (Å²) in [6.07, 6.45) is 1.59. The summed E-state index contributed by atoms with van der Waals surface area (Å²) in [4.78, 5) is 15.9. The molecule has 0 radical (unpaired) electrons. The first-order valence-electron chi connectivity index (χ1n) is 6.99.